The molecule has 0 aliphatic rings. The van der Waals surface area contributed by atoms with Gasteiger partial charge in [-0.1, -0.05) is 11.6 Å². The fourth-order valence-corrected chi connectivity index (χ4v) is 1.88. The van der Waals surface area contributed by atoms with E-state index in [1.165, 1.54) is 6.07 Å². The third-order valence-corrected chi connectivity index (χ3v) is 3.25. The van der Waals surface area contributed by atoms with Crippen molar-refractivity contribution in [3.8, 4) is 11.5 Å². The summed E-state index contributed by atoms with van der Waals surface area (Å²) in [4.78, 5) is 10.7. The highest BCUT2D eigenvalue weighted by molar-refractivity contribution is 6.31. The lowest BCUT2D eigenvalue weighted by Crippen LogP contribution is -2.09. The number of carbonyl (C=O) groups excluding carboxylic acids is 1. The maximum Gasteiger partial charge on any atom is 0.417 e. The van der Waals surface area contributed by atoms with Crippen LogP contribution >= 0.6 is 11.6 Å². The number of ether oxygens (including phenoxy) is 1. The van der Waals surface area contributed by atoms with Gasteiger partial charge in [-0.05, 0) is 48.9 Å². The van der Waals surface area contributed by atoms with Crippen LogP contribution in [0.4, 0.5) is 13.2 Å². The van der Waals surface area contributed by atoms with E-state index in [0.717, 1.165) is 17.7 Å². The van der Waals surface area contributed by atoms with E-state index in [4.69, 9.17) is 16.3 Å². The van der Waals surface area contributed by atoms with Crippen LogP contribution in [-0.2, 0) is 6.18 Å². The molecule has 6 heteroatoms. The second-order valence-corrected chi connectivity index (χ2v) is 4.78. The lowest BCUT2D eigenvalue weighted by atomic mass is 10.1. The summed E-state index contributed by atoms with van der Waals surface area (Å²) in [5, 5.41) is 0.537. The quantitative estimate of drug-likeness (QED) is 0.721. The molecule has 2 aromatic rings. The SMILES string of the molecule is Cc1cc(Oc2ccc(C=O)c(C(F)(F)F)c2)ccc1Cl. The van der Waals surface area contributed by atoms with E-state index in [9.17, 15) is 18.0 Å². The highest BCUT2D eigenvalue weighted by Crippen LogP contribution is 2.35. The van der Waals surface area contributed by atoms with Gasteiger partial charge in [0.05, 0.1) is 5.56 Å². The molecule has 110 valence electrons. The van der Waals surface area contributed by atoms with Crippen LogP contribution in [0.3, 0.4) is 0 Å². The molecule has 0 atom stereocenters. The molecule has 0 unspecified atom stereocenters. The van der Waals surface area contributed by atoms with Gasteiger partial charge in [0.15, 0.2) is 6.29 Å². The summed E-state index contributed by atoms with van der Waals surface area (Å²) in [6, 6.07) is 7.95. The van der Waals surface area contributed by atoms with Crippen molar-refractivity contribution >= 4 is 17.9 Å². The van der Waals surface area contributed by atoms with Gasteiger partial charge in [0.1, 0.15) is 11.5 Å². The van der Waals surface area contributed by atoms with Gasteiger partial charge in [0.25, 0.3) is 0 Å². The minimum atomic E-state index is -4.62. The molecule has 2 rings (SSSR count). The molecular weight excluding hydrogens is 305 g/mol. The van der Waals surface area contributed by atoms with Crippen LogP contribution < -0.4 is 4.74 Å². The van der Waals surface area contributed by atoms with Gasteiger partial charge in [0, 0.05) is 10.6 Å². The van der Waals surface area contributed by atoms with Crippen LogP contribution in [0.1, 0.15) is 21.5 Å². The molecule has 2 aromatic carbocycles. The van der Waals surface area contributed by atoms with Crippen molar-refractivity contribution in [3.63, 3.8) is 0 Å². The Morgan fingerprint density at radius 3 is 2.29 bits per heavy atom. The Morgan fingerprint density at radius 1 is 1.10 bits per heavy atom. The number of hydrogen-bond donors (Lipinski definition) is 0. The monoisotopic (exact) mass is 314 g/mol. The van der Waals surface area contributed by atoms with Crippen molar-refractivity contribution in [3.05, 3.63) is 58.1 Å². The Morgan fingerprint density at radius 2 is 1.71 bits per heavy atom. The summed E-state index contributed by atoms with van der Waals surface area (Å²) in [5.41, 5.74) is -0.711. The van der Waals surface area contributed by atoms with Crippen molar-refractivity contribution in [2.75, 3.05) is 0 Å². The normalized spacial score (nSPS) is 11.3. The fraction of sp³-hybridized carbons (Fsp3) is 0.133. The van der Waals surface area contributed by atoms with Crippen molar-refractivity contribution < 1.29 is 22.7 Å². The minimum Gasteiger partial charge on any atom is -0.457 e. The van der Waals surface area contributed by atoms with E-state index in [2.05, 4.69) is 0 Å². The molecule has 0 heterocycles. The molecule has 2 nitrogen and oxygen atoms in total. The number of benzene rings is 2. The maximum absolute atomic E-state index is 12.8. The summed E-state index contributed by atoms with van der Waals surface area (Å²) in [6.07, 6.45) is -4.45. The Bertz CT molecular complexity index is 681. The molecule has 0 radical (unpaired) electrons. The van der Waals surface area contributed by atoms with Crippen LogP contribution in [0, 0.1) is 6.92 Å². The third-order valence-electron chi connectivity index (χ3n) is 2.82. The number of hydrogen-bond acceptors (Lipinski definition) is 2. The van der Waals surface area contributed by atoms with Crippen LogP contribution in [-0.4, -0.2) is 6.29 Å². The predicted molar refractivity (Wildman–Crippen MR) is 73.1 cm³/mol. The van der Waals surface area contributed by atoms with Gasteiger partial charge in [-0.15, -0.1) is 0 Å². The lowest BCUT2D eigenvalue weighted by molar-refractivity contribution is -0.137. The zero-order valence-electron chi connectivity index (χ0n) is 10.9. The Balaban J connectivity index is 2.36. The second-order valence-electron chi connectivity index (χ2n) is 4.38. The zero-order valence-corrected chi connectivity index (χ0v) is 11.6. The van der Waals surface area contributed by atoms with Gasteiger partial charge in [-0.2, -0.15) is 13.2 Å². The predicted octanol–water partition coefficient (Wildman–Crippen LogP) is 5.27. The molecule has 0 saturated heterocycles. The number of rotatable bonds is 3. The molecule has 0 aliphatic heterocycles. The molecule has 0 aliphatic carbocycles. The molecule has 0 spiro atoms. The summed E-state index contributed by atoms with van der Waals surface area (Å²) in [7, 11) is 0. The Hall–Kier alpha value is -2.01. The minimum absolute atomic E-state index is 0.00496. The van der Waals surface area contributed by atoms with E-state index in [1.54, 1.807) is 25.1 Å². The van der Waals surface area contributed by atoms with E-state index < -0.39 is 17.3 Å². The highest BCUT2D eigenvalue weighted by atomic mass is 35.5. The lowest BCUT2D eigenvalue weighted by Gasteiger charge is -2.12. The summed E-state index contributed by atoms with van der Waals surface area (Å²) >= 11 is 5.87. The van der Waals surface area contributed by atoms with E-state index in [-0.39, 0.29) is 12.0 Å². The molecule has 0 fully saturated rings. The van der Waals surface area contributed by atoms with E-state index in [1.807, 2.05) is 0 Å². The molecule has 0 bridgehead atoms. The van der Waals surface area contributed by atoms with E-state index >= 15 is 0 Å². The first-order valence-electron chi connectivity index (χ1n) is 5.91. The van der Waals surface area contributed by atoms with Crippen LogP contribution in [0.15, 0.2) is 36.4 Å². The van der Waals surface area contributed by atoms with Gasteiger partial charge >= 0.3 is 6.18 Å². The first kappa shape index (κ1) is 15.4. The number of halogens is 4. The van der Waals surface area contributed by atoms with Gasteiger partial charge < -0.3 is 4.74 Å². The third kappa shape index (κ3) is 3.55. The molecule has 0 aromatic heterocycles. The first-order valence-corrected chi connectivity index (χ1v) is 6.29. The maximum atomic E-state index is 12.8. The fourth-order valence-electron chi connectivity index (χ4n) is 1.76. The first-order chi connectivity index (χ1) is 9.81. The number of aryl methyl sites for hydroxylation is 1. The molecular formula is C15H10ClF3O2. The summed E-state index contributed by atoms with van der Waals surface area (Å²) < 4.78 is 43.9. The molecule has 0 saturated carbocycles. The average Bonchev–Trinajstić information content (AvgIpc) is 2.42. The van der Waals surface area contributed by atoms with E-state index in [0.29, 0.717) is 10.8 Å². The number of carbonyl (C=O) groups is 1. The number of alkyl halides is 3. The largest absolute Gasteiger partial charge is 0.457 e. The van der Waals surface area contributed by atoms with Crippen molar-refractivity contribution in [1.82, 2.24) is 0 Å². The van der Waals surface area contributed by atoms with Gasteiger partial charge in [-0.3, -0.25) is 4.79 Å². The second kappa shape index (κ2) is 5.77. The molecule has 0 amide bonds. The van der Waals surface area contributed by atoms with Crippen LogP contribution in [0.2, 0.25) is 5.02 Å². The number of aldehydes is 1. The molecule has 0 N–H and O–H groups in total. The average molecular weight is 315 g/mol. The van der Waals surface area contributed by atoms with Crippen molar-refractivity contribution in [2.45, 2.75) is 13.1 Å². The van der Waals surface area contributed by atoms with Crippen molar-refractivity contribution in [1.29, 1.82) is 0 Å². The Kier molecular flexibility index (Phi) is 4.23. The smallest absolute Gasteiger partial charge is 0.417 e. The highest BCUT2D eigenvalue weighted by Gasteiger charge is 2.33. The van der Waals surface area contributed by atoms with Gasteiger partial charge in [-0.25, -0.2) is 0 Å². The van der Waals surface area contributed by atoms with Crippen LogP contribution in [0.5, 0.6) is 11.5 Å². The van der Waals surface area contributed by atoms with Crippen molar-refractivity contribution in [2.24, 2.45) is 0 Å². The topological polar surface area (TPSA) is 26.3 Å². The summed E-state index contributed by atoms with van der Waals surface area (Å²) in [5.74, 6) is 0.360. The Labute approximate surface area is 124 Å². The van der Waals surface area contributed by atoms with Crippen LogP contribution in [0.25, 0.3) is 0 Å². The zero-order chi connectivity index (χ0) is 15.6. The standard InChI is InChI=1S/C15H10ClF3O2/c1-9-6-11(4-5-14(9)16)21-12-3-2-10(8-20)13(7-12)15(17,18)19/h2-8H,1H3. The summed E-state index contributed by atoms with van der Waals surface area (Å²) in [6.45, 7) is 1.76. The van der Waals surface area contributed by atoms with Gasteiger partial charge in [0.2, 0.25) is 0 Å². The molecule has 21 heavy (non-hydrogen) atoms.